The van der Waals surface area contributed by atoms with Crippen molar-refractivity contribution in [3.8, 4) is 5.75 Å². The Labute approximate surface area is 111 Å². The number of aromatic nitrogens is 2. The number of anilines is 1. The van der Waals surface area contributed by atoms with Gasteiger partial charge in [0, 0.05) is 24.6 Å². The molecular formula is C13H16N4O2. The van der Waals surface area contributed by atoms with E-state index in [9.17, 15) is 4.79 Å². The first-order valence-corrected chi connectivity index (χ1v) is 5.90. The molecule has 2 rings (SSSR count). The van der Waals surface area contributed by atoms with Crippen LogP contribution in [-0.4, -0.2) is 29.3 Å². The van der Waals surface area contributed by atoms with Crippen LogP contribution in [0.3, 0.4) is 0 Å². The van der Waals surface area contributed by atoms with Gasteiger partial charge in [0.05, 0.1) is 19.2 Å². The van der Waals surface area contributed by atoms with E-state index in [4.69, 9.17) is 10.5 Å². The van der Waals surface area contributed by atoms with Crippen LogP contribution in [0.4, 0.5) is 5.69 Å². The molecule has 0 aliphatic carbocycles. The molecule has 1 aromatic carbocycles. The number of benzene rings is 1. The van der Waals surface area contributed by atoms with E-state index in [-0.39, 0.29) is 5.91 Å². The third-order valence-corrected chi connectivity index (χ3v) is 2.65. The Morgan fingerprint density at radius 2 is 2.37 bits per heavy atom. The van der Waals surface area contributed by atoms with Crippen LogP contribution in [0, 0.1) is 0 Å². The lowest BCUT2D eigenvalue weighted by molar-refractivity contribution is 0.0949. The molecule has 0 spiro atoms. The first-order valence-electron chi connectivity index (χ1n) is 5.90. The molecule has 19 heavy (non-hydrogen) atoms. The lowest BCUT2D eigenvalue weighted by Crippen LogP contribution is -2.27. The molecule has 6 nitrogen and oxygen atoms in total. The third kappa shape index (κ3) is 3.25. The zero-order valence-electron chi connectivity index (χ0n) is 10.7. The largest absolute Gasteiger partial charge is 0.496 e. The predicted octanol–water partition coefficient (Wildman–Crippen LogP) is 0.904. The van der Waals surface area contributed by atoms with Crippen molar-refractivity contribution in [1.82, 2.24) is 15.1 Å². The van der Waals surface area contributed by atoms with Crippen molar-refractivity contribution in [3.63, 3.8) is 0 Å². The molecule has 1 aromatic heterocycles. The van der Waals surface area contributed by atoms with E-state index >= 15 is 0 Å². The van der Waals surface area contributed by atoms with Crippen LogP contribution >= 0.6 is 0 Å². The monoisotopic (exact) mass is 260 g/mol. The smallest absolute Gasteiger partial charge is 0.255 e. The number of methoxy groups -OCH3 is 1. The van der Waals surface area contributed by atoms with E-state index in [2.05, 4.69) is 10.4 Å². The average molecular weight is 260 g/mol. The zero-order chi connectivity index (χ0) is 13.7. The summed E-state index contributed by atoms with van der Waals surface area (Å²) in [7, 11) is 1.52. The molecule has 2 aromatic rings. The van der Waals surface area contributed by atoms with Gasteiger partial charge >= 0.3 is 0 Å². The molecule has 0 saturated carbocycles. The summed E-state index contributed by atoms with van der Waals surface area (Å²) in [5.41, 5.74) is 6.64. The number of amides is 1. The number of hydrogen-bond acceptors (Lipinski definition) is 4. The summed E-state index contributed by atoms with van der Waals surface area (Å²) in [5.74, 6) is 0.294. The molecule has 0 aliphatic rings. The molecule has 1 heterocycles. The molecule has 1 amide bonds. The Hall–Kier alpha value is -2.50. The summed E-state index contributed by atoms with van der Waals surface area (Å²) in [5, 5.41) is 6.86. The van der Waals surface area contributed by atoms with Gasteiger partial charge in [-0.05, 0) is 24.3 Å². The molecule has 0 radical (unpaired) electrons. The van der Waals surface area contributed by atoms with Crippen LogP contribution in [0.5, 0.6) is 5.75 Å². The maximum absolute atomic E-state index is 12.0. The zero-order valence-corrected chi connectivity index (χ0v) is 10.7. The Kier molecular flexibility index (Phi) is 4.02. The molecule has 100 valence electrons. The fourth-order valence-electron chi connectivity index (χ4n) is 1.71. The van der Waals surface area contributed by atoms with E-state index in [1.165, 1.54) is 7.11 Å². The molecular weight excluding hydrogens is 244 g/mol. The second kappa shape index (κ2) is 5.90. The van der Waals surface area contributed by atoms with Gasteiger partial charge in [0.15, 0.2) is 0 Å². The lowest BCUT2D eigenvalue weighted by atomic mass is 10.1. The molecule has 0 bridgehead atoms. The van der Waals surface area contributed by atoms with E-state index in [1.54, 1.807) is 29.1 Å². The van der Waals surface area contributed by atoms with Gasteiger partial charge in [0.1, 0.15) is 5.75 Å². The average Bonchev–Trinajstić information content (AvgIpc) is 2.91. The summed E-state index contributed by atoms with van der Waals surface area (Å²) in [6.07, 6.45) is 3.54. The Morgan fingerprint density at radius 1 is 1.53 bits per heavy atom. The van der Waals surface area contributed by atoms with Crippen molar-refractivity contribution in [2.75, 3.05) is 19.4 Å². The van der Waals surface area contributed by atoms with Crippen molar-refractivity contribution >= 4 is 11.6 Å². The highest BCUT2D eigenvalue weighted by Gasteiger charge is 2.11. The third-order valence-electron chi connectivity index (χ3n) is 2.65. The Bertz CT molecular complexity index is 552. The number of nitrogens with one attached hydrogen (secondary N) is 1. The SMILES string of the molecule is COc1ccc(N)cc1C(=O)NCCn1cccn1. The first kappa shape index (κ1) is 12.9. The highest BCUT2D eigenvalue weighted by atomic mass is 16.5. The normalized spacial score (nSPS) is 10.2. The number of carbonyl (C=O) groups excluding carboxylic acids is 1. The maximum atomic E-state index is 12.0. The maximum Gasteiger partial charge on any atom is 0.255 e. The van der Waals surface area contributed by atoms with Crippen LogP contribution in [0.1, 0.15) is 10.4 Å². The van der Waals surface area contributed by atoms with Crippen molar-refractivity contribution in [2.24, 2.45) is 0 Å². The first-order chi connectivity index (χ1) is 9.20. The number of nitrogens with zero attached hydrogens (tertiary/aromatic N) is 2. The van der Waals surface area contributed by atoms with Gasteiger partial charge in [-0.2, -0.15) is 5.10 Å². The minimum absolute atomic E-state index is 0.212. The number of ether oxygens (including phenoxy) is 1. The summed E-state index contributed by atoms with van der Waals surface area (Å²) < 4.78 is 6.89. The second-order valence-electron chi connectivity index (χ2n) is 3.98. The second-order valence-corrected chi connectivity index (χ2v) is 3.98. The number of rotatable bonds is 5. The number of carbonyl (C=O) groups is 1. The van der Waals surface area contributed by atoms with Gasteiger partial charge in [0.25, 0.3) is 5.91 Å². The summed E-state index contributed by atoms with van der Waals surface area (Å²) in [6.45, 7) is 1.10. The predicted molar refractivity (Wildman–Crippen MR) is 72.0 cm³/mol. The number of nitrogens with two attached hydrogens (primary N) is 1. The van der Waals surface area contributed by atoms with Gasteiger partial charge in [-0.25, -0.2) is 0 Å². The lowest BCUT2D eigenvalue weighted by Gasteiger charge is -2.10. The van der Waals surface area contributed by atoms with E-state index in [1.807, 2.05) is 12.3 Å². The molecule has 0 unspecified atom stereocenters. The van der Waals surface area contributed by atoms with Crippen molar-refractivity contribution in [3.05, 3.63) is 42.2 Å². The highest BCUT2D eigenvalue weighted by molar-refractivity contribution is 5.97. The van der Waals surface area contributed by atoms with Crippen LogP contribution < -0.4 is 15.8 Å². The van der Waals surface area contributed by atoms with Crippen LogP contribution in [-0.2, 0) is 6.54 Å². The van der Waals surface area contributed by atoms with Crippen molar-refractivity contribution in [1.29, 1.82) is 0 Å². The van der Waals surface area contributed by atoms with Gasteiger partial charge in [-0.1, -0.05) is 0 Å². The van der Waals surface area contributed by atoms with Crippen molar-refractivity contribution < 1.29 is 9.53 Å². The molecule has 0 saturated heterocycles. The fraction of sp³-hybridized carbons (Fsp3) is 0.231. The molecule has 6 heteroatoms. The fourth-order valence-corrected chi connectivity index (χ4v) is 1.71. The van der Waals surface area contributed by atoms with Gasteiger partial charge < -0.3 is 15.8 Å². The minimum atomic E-state index is -0.212. The summed E-state index contributed by atoms with van der Waals surface area (Å²) in [6, 6.07) is 6.81. The summed E-state index contributed by atoms with van der Waals surface area (Å²) in [4.78, 5) is 12.0. The van der Waals surface area contributed by atoms with Crippen LogP contribution in [0.25, 0.3) is 0 Å². The Morgan fingerprint density at radius 3 is 3.05 bits per heavy atom. The Balaban J connectivity index is 1.97. The summed E-state index contributed by atoms with van der Waals surface area (Å²) >= 11 is 0. The topological polar surface area (TPSA) is 82.2 Å². The van der Waals surface area contributed by atoms with E-state index in [0.29, 0.717) is 30.1 Å². The van der Waals surface area contributed by atoms with E-state index < -0.39 is 0 Å². The van der Waals surface area contributed by atoms with Crippen LogP contribution in [0.15, 0.2) is 36.7 Å². The minimum Gasteiger partial charge on any atom is -0.496 e. The van der Waals surface area contributed by atoms with Crippen LogP contribution in [0.2, 0.25) is 0 Å². The number of hydrogen-bond donors (Lipinski definition) is 2. The van der Waals surface area contributed by atoms with E-state index in [0.717, 1.165) is 0 Å². The molecule has 3 N–H and O–H groups in total. The standard InChI is InChI=1S/C13H16N4O2/c1-19-12-4-3-10(14)9-11(12)13(18)15-6-8-17-7-2-5-16-17/h2-5,7,9H,6,8,14H2,1H3,(H,15,18). The number of nitrogen functional groups attached to an aromatic ring is 1. The quantitative estimate of drug-likeness (QED) is 0.783. The van der Waals surface area contributed by atoms with Gasteiger partial charge in [-0.15, -0.1) is 0 Å². The molecule has 0 aliphatic heterocycles. The van der Waals surface area contributed by atoms with Gasteiger partial charge in [-0.3, -0.25) is 9.48 Å². The molecule has 0 fully saturated rings. The molecule has 0 atom stereocenters. The van der Waals surface area contributed by atoms with Crippen molar-refractivity contribution in [2.45, 2.75) is 6.54 Å². The van der Waals surface area contributed by atoms with Gasteiger partial charge in [0.2, 0.25) is 0 Å². The highest BCUT2D eigenvalue weighted by Crippen LogP contribution is 2.20.